The Labute approximate surface area is 191 Å². The molecule has 1 spiro atoms. The van der Waals surface area contributed by atoms with Gasteiger partial charge in [0.05, 0.1) is 5.02 Å². The van der Waals surface area contributed by atoms with Gasteiger partial charge < -0.3 is 14.6 Å². The quantitative estimate of drug-likeness (QED) is 0.647. The maximum absolute atomic E-state index is 13.4. The number of rotatable bonds is 2. The summed E-state index contributed by atoms with van der Waals surface area (Å²) >= 11 is 6.36. The fourth-order valence-electron chi connectivity index (χ4n) is 5.57. The molecule has 170 valence electrons. The molecule has 0 radical (unpaired) electrons. The van der Waals surface area contributed by atoms with Gasteiger partial charge in [-0.1, -0.05) is 37.5 Å². The molecule has 2 aliphatic heterocycles. The summed E-state index contributed by atoms with van der Waals surface area (Å²) in [7, 11) is 0. The normalized spacial score (nSPS) is 31.5. The van der Waals surface area contributed by atoms with E-state index in [9.17, 15) is 4.79 Å². The van der Waals surface area contributed by atoms with Gasteiger partial charge in [0.1, 0.15) is 17.1 Å². The number of hydrogen-bond donors (Lipinski definition) is 0. The van der Waals surface area contributed by atoms with Crippen molar-refractivity contribution in [1.82, 2.24) is 9.88 Å². The van der Waals surface area contributed by atoms with E-state index in [-0.39, 0.29) is 23.6 Å². The van der Waals surface area contributed by atoms with Gasteiger partial charge in [-0.25, -0.2) is 4.98 Å². The van der Waals surface area contributed by atoms with Crippen molar-refractivity contribution in [3.05, 3.63) is 23.4 Å². The third-order valence-corrected chi connectivity index (χ3v) is 7.69. The van der Waals surface area contributed by atoms with Gasteiger partial charge in [-0.2, -0.15) is 0 Å². The summed E-state index contributed by atoms with van der Waals surface area (Å²) < 4.78 is 0. The highest BCUT2D eigenvalue weighted by Crippen LogP contribution is 2.46. The fourth-order valence-corrected chi connectivity index (χ4v) is 5.81. The van der Waals surface area contributed by atoms with Gasteiger partial charge >= 0.3 is 0 Å². The zero-order chi connectivity index (χ0) is 22.4. The molecule has 1 saturated heterocycles. The number of nitrogens with zero attached hydrogens (tertiary/aromatic N) is 4. The van der Waals surface area contributed by atoms with Crippen LogP contribution < -0.4 is 4.90 Å². The van der Waals surface area contributed by atoms with Crippen molar-refractivity contribution >= 4 is 29.0 Å². The minimum absolute atomic E-state index is 0.0154. The number of anilines is 1. The Morgan fingerprint density at radius 2 is 1.84 bits per heavy atom. The molecule has 1 amide bonds. The van der Waals surface area contributed by atoms with Crippen molar-refractivity contribution in [2.75, 3.05) is 18.0 Å². The summed E-state index contributed by atoms with van der Waals surface area (Å²) in [6, 6.07) is 3.76. The highest BCUT2D eigenvalue weighted by Gasteiger charge is 2.47. The van der Waals surface area contributed by atoms with Crippen molar-refractivity contribution in [1.29, 1.82) is 0 Å². The summed E-state index contributed by atoms with van der Waals surface area (Å²) in [6.45, 7) is 12.5. The molecule has 0 bridgehead atoms. The third kappa shape index (κ3) is 4.41. The summed E-state index contributed by atoms with van der Waals surface area (Å²) in [5, 5.41) is 4.96. The highest BCUT2D eigenvalue weighted by atomic mass is 35.5. The predicted molar refractivity (Wildman–Crippen MR) is 125 cm³/mol. The van der Waals surface area contributed by atoms with Gasteiger partial charge in [-0.05, 0) is 63.0 Å². The molecule has 31 heavy (non-hydrogen) atoms. The maximum atomic E-state index is 13.4. The summed E-state index contributed by atoms with van der Waals surface area (Å²) in [4.78, 5) is 28.0. The zero-order valence-electron chi connectivity index (χ0n) is 19.4. The van der Waals surface area contributed by atoms with E-state index in [1.54, 1.807) is 6.20 Å². The molecule has 3 aliphatic rings. The number of oxime groups is 1. The Kier molecular flexibility index (Phi) is 5.97. The Balaban J connectivity index is 1.40. The molecule has 0 N–H and O–H groups in total. The minimum atomic E-state index is -0.275. The Morgan fingerprint density at radius 3 is 2.42 bits per heavy atom. The van der Waals surface area contributed by atoms with Gasteiger partial charge in [0, 0.05) is 37.8 Å². The lowest BCUT2D eigenvalue weighted by Gasteiger charge is -2.45. The van der Waals surface area contributed by atoms with Crippen LogP contribution >= 0.6 is 11.6 Å². The molecular formula is C24H35ClN4O2. The van der Waals surface area contributed by atoms with Gasteiger partial charge in [0.25, 0.3) is 5.91 Å². The van der Waals surface area contributed by atoms with E-state index >= 15 is 0 Å². The first-order valence-electron chi connectivity index (χ1n) is 11.5. The van der Waals surface area contributed by atoms with Crippen LogP contribution in [0.5, 0.6) is 0 Å². The second kappa shape index (κ2) is 8.27. The number of carbonyl (C=O) groups is 1. The van der Waals surface area contributed by atoms with E-state index in [1.807, 2.05) is 17.0 Å². The third-order valence-electron chi connectivity index (χ3n) is 7.40. The van der Waals surface area contributed by atoms with Crippen LogP contribution in [0.1, 0.15) is 66.7 Å². The first-order chi connectivity index (χ1) is 14.6. The van der Waals surface area contributed by atoms with E-state index in [0.717, 1.165) is 31.5 Å². The van der Waals surface area contributed by atoms with Crippen LogP contribution in [0.15, 0.2) is 23.5 Å². The molecule has 1 saturated carbocycles. The standard InChI is InChI=1S/C24H35ClN4O2/c1-16-14-28(21-19(25)7-6-12-26-21)15-17(2)29(16)22(30)20-13-24(31-27-20)10-8-18(9-11-24)23(3,4)5/h6-7,12,16-18H,8-11,13-15H2,1-5H3. The van der Waals surface area contributed by atoms with E-state index in [2.05, 4.69) is 49.7 Å². The lowest BCUT2D eigenvalue weighted by molar-refractivity contribution is -0.128. The van der Waals surface area contributed by atoms with Crippen LogP contribution in [0.4, 0.5) is 5.82 Å². The predicted octanol–water partition coefficient (Wildman–Crippen LogP) is 4.91. The SMILES string of the molecule is CC1CN(c2ncccc2Cl)CC(C)N1C(=O)C1=NOC2(CCC(C(C)(C)C)CC2)C1. The van der Waals surface area contributed by atoms with Crippen LogP contribution in [0.2, 0.25) is 5.02 Å². The molecule has 1 aromatic rings. The summed E-state index contributed by atoms with van der Waals surface area (Å²) in [5.41, 5.74) is 0.626. The van der Waals surface area contributed by atoms with Crippen LogP contribution in [-0.2, 0) is 9.63 Å². The topological polar surface area (TPSA) is 58.0 Å². The van der Waals surface area contributed by atoms with Crippen LogP contribution in [0.25, 0.3) is 0 Å². The van der Waals surface area contributed by atoms with Crippen LogP contribution in [0.3, 0.4) is 0 Å². The van der Waals surface area contributed by atoms with Crippen molar-refractivity contribution < 1.29 is 9.63 Å². The molecule has 7 heteroatoms. The number of halogens is 1. The van der Waals surface area contributed by atoms with Crippen molar-refractivity contribution in [2.45, 2.75) is 84.4 Å². The molecular weight excluding hydrogens is 412 g/mol. The van der Waals surface area contributed by atoms with Gasteiger partial charge in [-0.15, -0.1) is 0 Å². The average Bonchev–Trinajstić information content (AvgIpc) is 3.11. The first kappa shape index (κ1) is 22.4. The number of pyridine rings is 1. The molecule has 6 nitrogen and oxygen atoms in total. The maximum Gasteiger partial charge on any atom is 0.272 e. The molecule has 3 heterocycles. The van der Waals surface area contributed by atoms with Crippen molar-refractivity contribution in [2.24, 2.45) is 16.5 Å². The number of hydrogen-bond acceptors (Lipinski definition) is 5. The Hall–Kier alpha value is -1.82. The zero-order valence-corrected chi connectivity index (χ0v) is 20.2. The van der Waals surface area contributed by atoms with E-state index in [4.69, 9.17) is 16.4 Å². The smallest absolute Gasteiger partial charge is 0.272 e. The molecule has 4 rings (SSSR count). The lowest BCUT2D eigenvalue weighted by atomic mass is 9.67. The summed E-state index contributed by atoms with van der Waals surface area (Å²) in [6.07, 6.45) is 6.62. The summed E-state index contributed by atoms with van der Waals surface area (Å²) in [5.74, 6) is 1.50. The van der Waals surface area contributed by atoms with Crippen LogP contribution in [0, 0.1) is 11.3 Å². The van der Waals surface area contributed by atoms with Gasteiger partial charge in [0.2, 0.25) is 0 Å². The van der Waals surface area contributed by atoms with Gasteiger partial charge in [-0.3, -0.25) is 4.79 Å². The molecule has 1 aromatic heterocycles. The van der Waals surface area contributed by atoms with Crippen molar-refractivity contribution in [3.8, 4) is 0 Å². The van der Waals surface area contributed by atoms with E-state index in [1.165, 1.54) is 0 Å². The molecule has 0 aromatic carbocycles. The molecule has 1 aliphatic carbocycles. The fraction of sp³-hybridized carbons (Fsp3) is 0.708. The monoisotopic (exact) mass is 446 g/mol. The number of aromatic nitrogens is 1. The van der Waals surface area contributed by atoms with Gasteiger partial charge in [0.15, 0.2) is 0 Å². The van der Waals surface area contributed by atoms with E-state index in [0.29, 0.717) is 41.6 Å². The number of amides is 1. The average molecular weight is 447 g/mol. The largest absolute Gasteiger partial charge is 0.388 e. The first-order valence-corrected chi connectivity index (χ1v) is 11.9. The Morgan fingerprint density at radius 1 is 1.19 bits per heavy atom. The minimum Gasteiger partial charge on any atom is -0.388 e. The second-order valence-electron chi connectivity index (χ2n) is 10.8. The Bertz CT molecular complexity index is 845. The number of carbonyl (C=O) groups excluding carboxylic acids is 1. The highest BCUT2D eigenvalue weighted by molar-refractivity contribution is 6.39. The lowest BCUT2D eigenvalue weighted by Crippen LogP contribution is -2.60. The van der Waals surface area contributed by atoms with Crippen molar-refractivity contribution in [3.63, 3.8) is 0 Å². The molecule has 2 fully saturated rings. The number of piperazine rings is 1. The molecule has 2 atom stereocenters. The molecule has 2 unspecified atom stereocenters. The second-order valence-corrected chi connectivity index (χ2v) is 11.2. The van der Waals surface area contributed by atoms with Crippen LogP contribution in [-0.4, -0.2) is 52.3 Å². The van der Waals surface area contributed by atoms with E-state index < -0.39 is 0 Å².